The lowest BCUT2D eigenvalue weighted by Gasteiger charge is -2.25. The zero-order valence-electron chi connectivity index (χ0n) is 12.5. The second-order valence-corrected chi connectivity index (χ2v) is 8.00. The average Bonchev–Trinajstić information content (AvgIpc) is 2.35. The van der Waals surface area contributed by atoms with Crippen molar-refractivity contribution in [2.24, 2.45) is 11.8 Å². The van der Waals surface area contributed by atoms with Gasteiger partial charge in [0.2, 0.25) is 10.0 Å². The van der Waals surface area contributed by atoms with E-state index in [1.54, 1.807) is 25.3 Å². The topological polar surface area (TPSA) is 55.4 Å². The number of hydrogen-bond acceptors (Lipinski definition) is 3. The number of halogens is 1. The molecule has 0 aliphatic rings. The highest BCUT2D eigenvalue weighted by atomic mass is 79.9. The summed E-state index contributed by atoms with van der Waals surface area (Å²) in [6.07, 6.45) is 0. The van der Waals surface area contributed by atoms with Gasteiger partial charge < -0.3 is 4.74 Å². The van der Waals surface area contributed by atoms with Crippen molar-refractivity contribution < 1.29 is 13.2 Å². The van der Waals surface area contributed by atoms with E-state index in [0.29, 0.717) is 10.2 Å². The van der Waals surface area contributed by atoms with Gasteiger partial charge in [0.1, 0.15) is 5.75 Å². The van der Waals surface area contributed by atoms with Crippen LogP contribution in [0.5, 0.6) is 5.75 Å². The van der Waals surface area contributed by atoms with Crippen molar-refractivity contribution in [1.82, 2.24) is 4.72 Å². The SMILES string of the molecule is COc1ccc(S(=O)(=O)NC(C(C)C)C(C)C)cc1Br. The zero-order chi connectivity index (χ0) is 15.5. The fourth-order valence-corrected chi connectivity index (χ4v) is 4.35. The molecule has 0 heterocycles. The van der Waals surface area contributed by atoms with Gasteiger partial charge in [0, 0.05) is 6.04 Å². The van der Waals surface area contributed by atoms with Crippen molar-refractivity contribution in [2.45, 2.75) is 38.6 Å². The summed E-state index contributed by atoms with van der Waals surface area (Å²) in [4.78, 5) is 0.233. The molecule has 1 aromatic rings. The monoisotopic (exact) mass is 363 g/mol. The van der Waals surface area contributed by atoms with E-state index in [1.807, 2.05) is 27.7 Å². The van der Waals surface area contributed by atoms with E-state index in [1.165, 1.54) is 0 Å². The third-order valence-corrected chi connectivity index (χ3v) is 5.24. The number of ether oxygens (including phenoxy) is 1. The molecule has 0 aliphatic heterocycles. The highest BCUT2D eigenvalue weighted by Crippen LogP contribution is 2.28. The third-order valence-electron chi connectivity index (χ3n) is 3.16. The number of methoxy groups -OCH3 is 1. The first kappa shape index (κ1) is 17.5. The van der Waals surface area contributed by atoms with Crippen LogP contribution in [0, 0.1) is 11.8 Å². The highest BCUT2D eigenvalue weighted by molar-refractivity contribution is 9.10. The van der Waals surface area contributed by atoms with Gasteiger partial charge >= 0.3 is 0 Å². The molecule has 1 rings (SSSR count). The molecule has 0 aromatic heterocycles. The Hall–Kier alpha value is -0.590. The molecule has 0 fully saturated rings. The van der Waals surface area contributed by atoms with Crippen LogP contribution in [0.4, 0.5) is 0 Å². The van der Waals surface area contributed by atoms with E-state index in [4.69, 9.17) is 4.74 Å². The number of rotatable bonds is 6. The van der Waals surface area contributed by atoms with Gasteiger partial charge in [-0.15, -0.1) is 0 Å². The number of sulfonamides is 1. The molecule has 0 saturated heterocycles. The van der Waals surface area contributed by atoms with E-state index in [-0.39, 0.29) is 22.8 Å². The van der Waals surface area contributed by atoms with Crippen molar-refractivity contribution in [3.63, 3.8) is 0 Å². The van der Waals surface area contributed by atoms with Crippen molar-refractivity contribution in [2.75, 3.05) is 7.11 Å². The molecule has 1 N–H and O–H groups in total. The lowest BCUT2D eigenvalue weighted by Crippen LogP contribution is -2.42. The summed E-state index contributed by atoms with van der Waals surface area (Å²) in [6, 6.07) is 4.64. The molecular weight excluding hydrogens is 342 g/mol. The maximum absolute atomic E-state index is 12.4. The predicted octanol–water partition coefficient (Wildman–Crippen LogP) is 3.42. The molecule has 4 nitrogen and oxygen atoms in total. The van der Waals surface area contributed by atoms with Crippen LogP contribution in [0.1, 0.15) is 27.7 Å². The summed E-state index contributed by atoms with van der Waals surface area (Å²) in [5.74, 6) is 1.06. The Bertz CT molecular complexity index is 548. The van der Waals surface area contributed by atoms with Crippen molar-refractivity contribution in [1.29, 1.82) is 0 Å². The largest absolute Gasteiger partial charge is 0.496 e. The van der Waals surface area contributed by atoms with Crippen LogP contribution >= 0.6 is 15.9 Å². The van der Waals surface area contributed by atoms with Crippen LogP contribution < -0.4 is 9.46 Å². The Kier molecular flexibility index (Phi) is 6.04. The lowest BCUT2D eigenvalue weighted by atomic mass is 9.94. The maximum atomic E-state index is 12.4. The molecule has 0 spiro atoms. The van der Waals surface area contributed by atoms with Gasteiger partial charge in [0.05, 0.1) is 16.5 Å². The first-order valence-electron chi connectivity index (χ1n) is 6.55. The van der Waals surface area contributed by atoms with E-state index in [0.717, 1.165) is 0 Å². The fourth-order valence-electron chi connectivity index (χ4n) is 2.10. The summed E-state index contributed by atoms with van der Waals surface area (Å²) in [5.41, 5.74) is 0. The number of hydrogen-bond donors (Lipinski definition) is 1. The van der Waals surface area contributed by atoms with Crippen LogP contribution in [0.3, 0.4) is 0 Å². The quantitative estimate of drug-likeness (QED) is 0.842. The Morgan fingerprint density at radius 1 is 1.15 bits per heavy atom. The third kappa shape index (κ3) is 4.20. The minimum absolute atomic E-state index is 0.0964. The molecule has 0 radical (unpaired) electrons. The number of benzene rings is 1. The molecule has 0 atom stereocenters. The molecular formula is C14H22BrNO3S. The van der Waals surface area contributed by atoms with Crippen LogP contribution in [0.25, 0.3) is 0 Å². The predicted molar refractivity (Wildman–Crippen MR) is 84.5 cm³/mol. The van der Waals surface area contributed by atoms with Gasteiger partial charge in [0.25, 0.3) is 0 Å². The van der Waals surface area contributed by atoms with Gasteiger partial charge in [-0.25, -0.2) is 13.1 Å². The summed E-state index contributed by atoms with van der Waals surface area (Å²) >= 11 is 3.31. The number of nitrogens with one attached hydrogen (secondary N) is 1. The Morgan fingerprint density at radius 3 is 2.10 bits per heavy atom. The molecule has 0 saturated carbocycles. The first-order valence-corrected chi connectivity index (χ1v) is 8.82. The Balaban J connectivity index is 3.07. The highest BCUT2D eigenvalue weighted by Gasteiger charge is 2.25. The lowest BCUT2D eigenvalue weighted by molar-refractivity contribution is 0.355. The molecule has 0 amide bonds. The van der Waals surface area contributed by atoms with Gasteiger partial charge in [-0.1, -0.05) is 27.7 Å². The fraction of sp³-hybridized carbons (Fsp3) is 0.571. The minimum atomic E-state index is -3.53. The summed E-state index contributed by atoms with van der Waals surface area (Å²) < 4.78 is 33.4. The standard InChI is InChI=1S/C14H22BrNO3S/c1-9(2)14(10(3)4)16-20(17,18)11-6-7-13(19-5)12(15)8-11/h6-10,14,16H,1-5H3. The maximum Gasteiger partial charge on any atom is 0.240 e. The molecule has 0 aliphatic carbocycles. The average molecular weight is 364 g/mol. The van der Waals surface area contributed by atoms with Gasteiger partial charge in [-0.05, 0) is 46.0 Å². The zero-order valence-corrected chi connectivity index (χ0v) is 14.9. The second kappa shape index (κ2) is 6.91. The van der Waals surface area contributed by atoms with Crippen molar-refractivity contribution in [3.05, 3.63) is 22.7 Å². The van der Waals surface area contributed by atoms with Crippen LogP contribution in [0.15, 0.2) is 27.6 Å². The summed E-state index contributed by atoms with van der Waals surface area (Å²) in [5, 5.41) is 0. The van der Waals surface area contributed by atoms with Gasteiger partial charge in [-0.2, -0.15) is 0 Å². The smallest absolute Gasteiger partial charge is 0.240 e. The van der Waals surface area contributed by atoms with Crippen LogP contribution in [-0.2, 0) is 10.0 Å². The molecule has 20 heavy (non-hydrogen) atoms. The van der Waals surface area contributed by atoms with Crippen molar-refractivity contribution >= 4 is 26.0 Å². The Morgan fingerprint density at radius 2 is 1.70 bits per heavy atom. The molecule has 1 aromatic carbocycles. The van der Waals surface area contributed by atoms with E-state index >= 15 is 0 Å². The first-order chi connectivity index (χ1) is 9.19. The normalized spacial score (nSPS) is 12.4. The minimum Gasteiger partial charge on any atom is -0.496 e. The van der Waals surface area contributed by atoms with E-state index < -0.39 is 10.0 Å². The molecule has 114 valence electrons. The second-order valence-electron chi connectivity index (χ2n) is 5.43. The summed E-state index contributed by atoms with van der Waals surface area (Å²) in [7, 11) is -1.99. The van der Waals surface area contributed by atoms with Crippen molar-refractivity contribution in [3.8, 4) is 5.75 Å². The van der Waals surface area contributed by atoms with Crippen LogP contribution in [-0.4, -0.2) is 21.6 Å². The van der Waals surface area contributed by atoms with E-state index in [2.05, 4.69) is 20.7 Å². The Labute approximate surface area is 130 Å². The van der Waals surface area contributed by atoms with E-state index in [9.17, 15) is 8.42 Å². The summed E-state index contributed by atoms with van der Waals surface area (Å²) in [6.45, 7) is 8.04. The van der Waals surface area contributed by atoms with Gasteiger partial charge in [0.15, 0.2) is 0 Å². The molecule has 0 bridgehead atoms. The molecule has 6 heteroatoms. The molecule has 0 unspecified atom stereocenters. The van der Waals surface area contributed by atoms with Gasteiger partial charge in [-0.3, -0.25) is 0 Å². The van der Waals surface area contributed by atoms with Crippen LogP contribution in [0.2, 0.25) is 0 Å².